The molecule has 2 aromatic rings. The van der Waals surface area contributed by atoms with Crippen LogP contribution in [0.3, 0.4) is 0 Å². The number of aromatic nitrogens is 1. The van der Waals surface area contributed by atoms with Gasteiger partial charge in [0.2, 0.25) is 0 Å². The van der Waals surface area contributed by atoms with Crippen molar-refractivity contribution in [3.8, 4) is 16.9 Å². The molecule has 5 nitrogen and oxygen atoms in total. The molecule has 0 saturated carbocycles. The second-order valence-corrected chi connectivity index (χ2v) is 8.26. The molecule has 2 aliphatic rings. The Bertz CT molecular complexity index is 1040. The number of fused-ring (bicyclic) bond motifs is 1. The van der Waals surface area contributed by atoms with Crippen LogP contribution in [0.15, 0.2) is 64.8 Å². The molecule has 0 radical (unpaired) electrons. The lowest BCUT2D eigenvalue weighted by Crippen LogP contribution is -2.25. The van der Waals surface area contributed by atoms with Crippen molar-refractivity contribution in [2.45, 2.75) is 20.3 Å². The van der Waals surface area contributed by atoms with Gasteiger partial charge in [0, 0.05) is 41.9 Å². The van der Waals surface area contributed by atoms with Crippen molar-refractivity contribution in [3.63, 3.8) is 0 Å². The van der Waals surface area contributed by atoms with Gasteiger partial charge in [-0.05, 0) is 35.6 Å². The maximum absolute atomic E-state index is 6.30. The summed E-state index contributed by atoms with van der Waals surface area (Å²) < 4.78 is 5.58. The lowest BCUT2D eigenvalue weighted by molar-refractivity contribution is 0.416. The van der Waals surface area contributed by atoms with Crippen LogP contribution in [0, 0.1) is 11.8 Å². The Kier molecular flexibility index (Phi) is 5.79. The molecule has 0 bridgehead atoms. The number of allylic oxidation sites excluding steroid dienone is 2. The maximum atomic E-state index is 6.30. The summed E-state index contributed by atoms with van der Waals surface area (Å²) in [4.78, 5) is 7.96. The van der Waals surface area contributed by atoms with Crippen molar-refractivity contribution in [2.24, 2.45) is 22.6 Å². The van der Waals surface area contributed by atoms with E-state index in [1.54, 1.807) is 7.11 Å². The molecule has 0 spiro atoms. The number of benzene rings is 1. The Morgan fingerprint density at radius 1 is 1.23 bits per heavy atom. The van der Waals surface area contributed by atoms with Gasteiger partial charge in [-0.2, -0.15) is 0 Å². The first-order valence-electron chi connectivity index (χ1n) is 10.5. The quantitative estimate of drug-likeness (QED) is 0.469. The Morgan fingerprint density at radius 2 is 2.07 bits per heavy atom. The highest BCUT2D eigenvalue weighted by atomic mass is 16.5. The fourth-order valence-electron chi connectivity index (χ4n) is 3.96. The molecule has 1 atom stereocenters. The number of aliphatic imine (C=N–C) groups is 1. The van der Waals surface area contributed by atoms with Crippen molar-refractivity contribution in [2.75, 3.05) is 25.5 Å². The van der Waals surface area contributed by atoms with Crippen LogP contribution in [0.4, 0.5) is 5.82 Å². The number of hydrogen-bond acceptors (Lipinski definition) is 3. The predicted octanol–water partition coefficient (Wildman–Crippen LogP) is 5.01. The Labute approximate surface area is 178 Å². The molecule has 0 amide bonds. The van der Waals surface area contributed by atoms with Gasteiger partial charge < -0.3 is 20.8 Å². The lowest BCUT2D eigenvalue weighted by Gasteiger charge is -2.24. The van der Waals surface area contributed by atoms with Crippen LogP contribution in [-0.4, -0.2) is 31.0 Å². The molecule has 1 unspecified atom stereocenters. The third-order valence-corrected chi connectivity index (χ3v) is 5.60. The van der Waals surface area contributed by atoms with E-state index in [2.05, 4.69) is 59.5 Å². The average molecular weight is 403 g/mol. The summed E-state index contributed by atoms with van der Waals surface area (Å²) in [5.74, 6) is 3.31. The summed E-state index contributed by atoms with van der Waals surface area (Å²) in [5, 5.41) is 3.53. The zero-order valence-electron chi connectivity index (χ0n) is 17.9. The van der Waals surface area contributed by atoms with Crippen LogP contribution in [0.25, 0.3) is 17.2 Å². The molecule has 1 aliphatic heterocycles. The van der Waals surface area contributed by atoms with Crippen LogP contribution >= 0.6 is 0 Å². The Hall–Kier alpha value is -3.21. The number of nitrogens with zero attached hydrogens (tertiary/aromatic N) is 1. The number of hydrogen-bond donors (Lipinski definition) is 3. The van der Waals surface area contributed by atoms with E-state index < -0.39 is 0 Å². The number of ether oxygens (including phenoxy) is 1. The molecule has 5 heteroatoms. The molecule has 0 saturated heterocycles. The van der Waals surface area contributed by atoms with E-state index in [-0.39, 0.29) is 5.92 Å². The normalized spacial score (nSPS) is 18.5. The summed E-state index contributed by atoms with van der Waals surface area (Å²) in [6, 6.07) is 8.12. The predicted molar refractivity (Wildman–Crippen MR) is 126 cm³/mol. The largest absolute Gasteiger partial charge is 0.496 e. The molecule has 1 aromatic heterocycles. The second kappa shape index (κ2) is 8.66. The lowest BCUT2D eigenvalue weighted by atomic mass is 9.87. The summed E-state index contributed by atoms with van der Waals surface area (Å²) in [6.45, 7) is 5.87. The van der Waals surface area contributed by atoms with Gasteiger partial charge >= 0.3 is 0 Å². The first-order valence-corrected chi connectivity index (χ1v) is 10.5. The number of para-hydroxylation sites is 1. The van der Waals surface area contributed by atoms with Gasteiger partial charge in [-0.3, -0.25) is 4.99 Å². The molecule has 4 N–H and O–H groups in total. The van der Waals surface area contributed by atoms with Gasteiger partial charge in [-0.15, -0.1) is 0 Å². The Morgan fingerprint density at radius 3 is 2.87 bits per heavy atom. The fourth-order valence-corrected chi connectivity index (χ4v) is 3.96. The van der Waals surface area contributed by atoms with Crippen LogP contribution in [-0.2, 0) is 0 Å². The average Bonchev–Trinajstić information content (AvgIpc) is 3.20. The minimum absolute atomic E-state index is 0.158. The van der Waals surface area contributed by atoms with Gasteiger partial charge in [0.15, 0.2) is 0 Å². The molecular formula is C25H30N4O. The molecule has 30 heavy (non-hydrogen) atoms. The van der Waals surface area contributed by atoms with E-state index in [0.717, 1.165) is 53.6 Å². The summed E-state index contributed by atoms with van der Waals surface area (Å²) in [6.07, 6.45) is 11.7. The summed E-state index contributed by atoms with van der Waals surface area (Å²) in [5.41, 5.74) is 12.3. The Balaban J connectivity index is 1.62. The highest BCUT2D eigenvalue weighted by Crippen LogP contribution is 2.39. The molecule has 156 valence electrons. The highest BCUT2D eigenvalue weighted by molar-refractivity contribution is 5.89. The SMILES string of the molecule is COc1ccccc1-c1c[nH]c2c1C=C(C1=CC=CC(C(N)=NCC(C)C)C1)CN2. The smallest absolute Gasteiger partial charge is 0.126 e. The van der Waals surface area contributed by atoms with Gasteiger partial charge in [0.25, 0.3) is 0 Å². The standard InChI is InChI=1S/C25H30N4O/c1-16(2)13-27-24(26)18-8-6-7-17(11-18)19-12-21-22(15-29-25(21)28-14-19)20-9-4-5-10-23(20)30-3/h4-10,12,15-16,18,28-29H,11,13-14H2,1-3H3,(H2,26,27). The van der Waals surface area contributed by atoms with E-state index in [4.69, 9.17) is 10.5 Å². The van der Waals surface area contributed by atoms with E-state index >= 15 is 0 Å². The van der Waals surface area contributed by atoms with Crippen LogP contribution in [0.2, 0.25) is 0 Å². The number of nitrogens with two attached hydrogens (primary N) is 1. The van der Waals surface area contributed by atoms with Crippen molar-refractivity contribution >= 4 is 17.7 Å². The number of nitrogens with one attached hydrogen (secondary N) is 2. The van der Waals surface area contributed by atoms with Crippen LogP contribution in [0.5, 0.6) is 5.75 Å². The summed E-state index contributed by atoms with van der Waals surface area (Å²) >= 11 is 0. The van der Waals surface area contributed by atoms with Gasteiger partial charge in [0.1, 0.15) is 17.4 Å². The minimum atomic E-state index is 0.158. The zero-order chi connectivity index (χ0) is 21.1. The monoisotopic (exact) mass is 402 g/mol. The van der Waals surface area contributed by atoms with E-state index in [1.165, 1.54) is 11.1 Å². The number of H-pyrrole nitrogens is 1. The maximum Gasteiger partial charge on any atom is 0.126 e. The molecular weight excluding hydrogens is 372 g/mol. The summed E-state index contributed by atoms with van der Waals surface area (Å²) in [7, 11) is 1.71. The molecule has 4 rings (SSSR count). The first-order chi connectivity index (χ1) is 14.6. The van der Waals surface area contributed by atoms with Gasteiger partial charge in [0.05, 0.1) is 7.11 Å². The topological polar surface area (TPSA) is 75.4 Å². The first kappa shape index (κ1) is 20.1. The number of amidine groups is 1. The van der Waals surface area contributed by atoms with Gasteiger partial charge in [-0.1, -0.05) is 50.3 Å². The van der Waals surface area contributed by atoms with Crippen LogP contribution < -0.4 is 15.8 Å². The second-order valence-electron chi connectivity index (χ2n) is 8.26. The highest BCUT2D eigenvalue weighted by Gasteiger charge is 2.23. The van der Waals surface area contributed by atoms with Crippen LogP contribution in [0.1, 0.15) is 25.8 Å². The molecule has 0 fully saturated rings. The number of aromatic amines is 1. The molecule has 1 aromatic carbocycles. The zero-order valence-corrected chi connectivity index (χ0v) is 17.9. The number of rotatable bonds is 6. The van der Waals surface area contributed by atoms with Crippen molar-refractivity contribution in [1.29, 1.82) is 0 Å². The third kappa shape index (κ3) is 4.06. The van der Waals surface area contributed by atoms with Gasteiger partial charge in [-0.25, -0.2) is 0 Å². The minimum Gasteiger partial charge on any atom is -0.496 e. The van der Waals surface area contributed by atoms with E-state index in [9.17, 15) is 0 Å². The van der Waals surface area contributed by atoms with E-state index in [1.807, 2.05) is 24.4 Å². The van der Waals surface area contributed by atoms with Crippen molar-refractivity contribution in [1.82, 2.24) is 4.98 Å². The number of methoxy groups -OCH3 is 1. The van der Waals surface area contributed by atoms with Crippen molar-refractivity contribution in [3.05, 3.63) is 65.4 Å². The molecule has 1 aliphatic carbocycles. The third-order valence-electron chi connectivity index (χ3n) is 5.60. The van der Waals surface area contributed by atoms with E-state index in [0.29, 0.717) is 5.92 Å². The fraction of sp³-hybridized carbons (Fsp3) is 0.320. The molecule has 2 heterocycles. The number of anilines is 1. The van der Waals surface area contributed by atoms with Crippen molar-refractivity contribution < 1.29 is 4.74 Å².